The predicted octanol–water partition coefficient (Wildman–Crippen LogP) is 7.13. The van der Waals surface area contributed by atoms with Crippen molar-refractivity contribution in [3.05, 3.63) is 119 Å². The van der Waals surface area contributed by atoms with Gasteiger partial charge in [-0.25, -0.2) is 0 Å². The highest BCUT2D eigenvalue weighted by molar-refractivity contribution is 5.88. The third kappa shape index (κ3) is 2.61. The Labute approximate surface area is 161 Å². The molecule has 4 aromatic rings. The SMILES string of the molecule is Cc1ccc(-c2cccc3c2C(c2ccc(C)cc2)c2ccccc2-3)cc1. The van der Waals surface area contributed by atoms with Gasteiger partial charge in [-0.15, -0.1) is 0 Å². The Morgan fingerprint density at radius 3 is 1.85 bits per heavy atom. The van der Waals surface area contributed by atoms with E-state index < -0.39 is 0 Å². The van der Waals surface area contributed by atoms with Crippen molar-refractivity contribution in [1.29, 1.82) is 0 Å². The number of aryl methyl sites for hydroxylation is 2. The van der Waals surface area contributed by atoms with E-state index in [4.69, 9.17) is 0 Å². The summed E-state index contributed by atoms with van der Waals surface area (Å²) in [4.78, 5) is 0. The maximum atomic E-state index is 2.29. The van der Waals surface area contributed by atoms with Crippen LogP contribution in [0.2, 0.25) is 0 Å². The van der Waals surface area contributed by atoms with E-state index in [9.17, 15) is 0 Å². The van der Waals surface area contributed by atoms with Crippen molar-refractivity contribution in [1.82, 2.24) is 0 Å². The van der Waals surface area contributed by atoms with Crippen molar-refractivity contribution < 1.29 is 0 Å². The average Bonchev–Trinajstić information content (AvgIpc) is 3.04. The highest BCUT2D eigenvalue weighted by Crippen LogP contribution is 2.51. The molecule has 130 valence electrons. The molecule has 0 amide bonds. The number of hydrogen-bond acceptors (Lipinski definition) is 0. The molecule has 0 fully saturated rings. The number of benzene rings is 4. The average molecular weight is 346 g/mol. The molecule has 0 nitrogen and oxygen atoms in total. The minimum absolute atomic E-state index is 0.286. The van der Waals surface area contributed by atoms with Gasteiger partial charge < -0.3 is 0 Å². The summed E-state index contributed by atoms with van der Waals surface area (Å²) in [6.07, 6.45) is 0. The smallest absolute Gasteiger partial charge is 0.0358 e. The minimum Gasteiger partial charge on any atom is -0.0619 e. The zero-order valence-corrected chi connectivity index (χ0v) is 15.7. The molecule has 0 heteroatoms. The van der Waals surface area contributed by atoms with E-state index in [1.54, 1.807) is 0 Å². The monoisotopic (exact) mass is 346 g/mol. The summed E-state index contributed by atoms with van der Waals surface area (Å²) in [6.45, 7) is 4.29. The molecule has 0 N–H and O–H groups in total. The Hall–Kier alpha value is -3.12. The van der Waals surface area contributed by atoms with Crippen molar-refractivity contribution in [2.75, 3.05) is 0 Å². The lowest BCUT2D eigenvalue weighted by atomic mass is 9.84. The van der Waals surface area contributed by atoms with Gasteiger partial charge in [0.1, 0.15) is 0 Å². The normalized spacial score (nSPS) is 14.7. The topological polar surface area (TPSA) is 0 Å². The molecule has 0 radical (unpaired) electrons. The fraction of sp³-hybridized carbons (Fsp3) is 0.111. The van der Waals surface area contributed by atoms with Crippen LogP contribution >= 0.6 is 0 Å². The zero-order chi connectivity index (χ0) is 18.4. The van der Waals surface area contributed by atoms with Crippen molar-refractivity contribution >= 4 is 0 Å². The third-order valence-electron chi connectivity index (χ3n) is 5.73. The maximum absolute atomic E-state index is 2.29. The van der Waals surface area contributed by atoms with E-state index >= 15 is 0 Å². The van der Waals surface area contributed by atoms with Crippen LogP contribution in [0.5, 0.6) is 0 Å². The summed E-state index contributed by atoms with van der Waals surface area (Å²) in [5.41, 5.74) is 12.2. The Balaban J connectivity index is 1.79. The lowest BCUT2D eigenvalue weighted by Crippen LogP contribution is -2.01. The van der Waals surface area contributed by atoms with E-state index in [1.165, 1.54) is 50.1 Å². The summed E-state index contributed by atoms with van der Waals surface area (Å²) < 4.78 is 0. The second kappa shape index (κ2) is 6.25. The standard InChI is InChI=1S/C27H22/c1-18-10-14-20(15-11-18)22-8-5-9-25-23-6-3-4-7-24(23)26(27(22)25)21-16-12-19(2)13-17-21/h3-17,26H,1-2H3. The molecule has 0 aromatic heterocycles. The summed E-state index contributed by atoms with van der Waals surface area (Å²) in [6, 6.07) is 33.6. The number of hydrogen-bond donors (Lipinski definition) is 0. The van der Waals surface area contributed by atoms with Gasteiger partial charge in [-0.05, 0) is 52.8 Å². The molecule has 1 aliphatic rings. The molecular formula is C27H22. The third-order valence-corrected chi connectivity index (χ3v) is 5.73. The van der Waals surface area contributed by atoms with Crippen LogP contribution in [0.4, 0.5) is 0 Å². The molecule has 0 saturated heterocycles. The van der Waals surface area contributed by atoms with Gasteiger partial charge in [-0.1, -0.05) is 102 Å². The molecule has 27 heavy (non-hydrogen) atoms. The van der Waals surface area contributed by atoms with Crippen molar-refractivity contribution in [2.45, 2.75) is 19.8 Å². The molecule has 0 spiro atoms. The second-order valence-electron chi connectivity index (χ2n) is 7.56. The van der Waals surface area contributed by atoms with Crippen LogP contribution in [0.3, 0.4) is 0 Å². The molecule has 5 rings (SSSR count). The van der Waals surface area contributed by atoms with Gasteiger partial charge >= 0.3 is 0 Å². The molecular weight excluding hydrogens is 324 g/mol. The predicted molar refractivity (Wildman–Crippen MR) is 114 cm³/mol. The molecule has 1 aliphatic carbocycles. The molecule has 1 atom stereocenters. The fourth-order valence-corrected chi connectivity index (χ4v) is 4.35. The molecule has 1 unspecified atom stereocenters. The Bertz CT molecular complexity index is 1120. The minimum atomic E-state index is 0.286. The van der Waals surface area contributed by atoms with Crippen molar-refractivity contribution in [2.24, 2.45) is 0 Å². The van der Waals surface area contributed by atoms with Gasteiger partial charge in [-0.3, -0.25) is 0 Å². The quantitative estimate of drug-likeness (QED) is 0.319. The Morgan fingerprint density at radius 2 is 1.11 bits per heavy atom. The van der Waals surface area contributed by atoms with Crippen LogP contribution < -0.4 is 0 Å². The van der Waals surface area contributed by atoms with Gasteiger partial charge in [0.25, 0.3) is 0 Å². The highest BCUT2D eigenvalue weighted by atomic mass is 14.3. The number of fused-ring (bicyclic) bond motifs is 3. The van der Waals surface area contributed by atoms with Crippen LogP contribution in [0, 0.1) is 13.8 Å². The van der Waals surface area contributed by atoms with Crippen LogP contribution in [0.25, 0.3) is 22.3 Å². The van der Waals surface area contributed by atoms with Gasteiger partial charge in [0.2, 0.25) is 0 Å². The zero-order valence-electron chi connectivity index (χ0n) is 15.7. The van der Waals surface area contributed by atoms with Crippen LogP contribution in [0.15, 0.2) is 91.0 Å². The van der Waals surface area contributed by atoms with Gasteiger partial charge in [-0.2, -0.15) is 0 Å². The molecule has 0 heterocycles. The van der Waals surface area contributed by atoms with Crippen LogP contribution in [-0.2, 0) is 0 Å². The first kappa shape index (κ1) is 16.1. The van der Waals surface area contributed by atoms with E-state index in [1.807, 2.05) is 0 Å². The fourth-order valence-electron chi connectivity index (χ4n) is 4.35. The summed E-state index contributed by atoms with van der Waals surface area (Å²) in [7, 11) is 0. The first-order valence-electron chi connectivity index (χ1n) is 9.58. The summed E-state index contributed by atoms with van der Waals surface area (Å²) in [5, 5.41) is 0. The molecule has 4 aromatic carbocycles. The maximum Gasteiger partial charge on any atom is 0.0358 e. The molecule has 0 aliphatic heterocycles. The second-order valence-corrected chi connectivity index (χ2v) is 7.56. The molecule has 0 saturated carbocycles. The summed E-state index contributed by atoms with van der Waals surface area (Å²) >= 11 is 0. The van der Waals surface area contributed by atoms with Crippen LogP contribution in [-0.4, -0.2) is 0 Å². The first-order chi connectivity index (χ1) is 13.2. The molecule has 0 bridgehead atoms. The number of rotatable bonds is 2. The van der Waals surface area contributed by atoms with Gasteiger partial charge in [0, 0.05) is 5.92 Å². The first-order valence-corrected chi connectivity index (χ1v) is 9.58. The lowest BCUT2D eigenvalue weighted by Gasteiger charge is -2.18. The Kier molecular flexibility index (Phi) is 3.72. The van der Waals surface area contributed by atoms with Crippen LogP contribution in [0.1, 0.15) is 33.7 Å². The van der Waals surface area contributed by atoms with E-state index in [0.717, 1.165) is 0 Å². The van der Waals surface area contributed by atoms with Crippen molar-refractivity contribution in [3.63, 3.8) is 0 Å². The summed E-state index contributed by atoms with van der Waals surface area (Å²) in [5.74, 6) is 0.286. The van der Waals surface area contributed by atoms with Gasteiger partial charge in [0.15, 0.2) is 0 Å². The van der Waals surface area contributed by atoms with Crippen molar-refractivity contribution in [3.8, 4) is 22.3 Å². The largest absolute Gasteiger partial charge is 0.0619 e. The highest BCUT2D eigenvalue weighted by Gasteiger charge is 2.31. The van der Waals surface area contributed by atoms with E-state index in [-0.39, 0.29) is 5.92 Å². The van der Waals surface area contributed by atoms with E-state index in [2.05, 4.69) is 105 Å². The lowest BCUT2D eigenvalue weighted by molar-refractivity contribution is 1.01. The Morgan fingerprint density at radius 1 is 0.519 bits per heavy atom. The van der Waals surface area contributed by atoms with E-state index in [0.29, 0.717) is 0 Å². The van der Waals surface area contributed by atoms with Gasteiger partial charge in [0.05, 0.1) is 0 Å².